The molecule has 0 aliphatic carbocycles. The molecule has 0 heterocycles. The lowest BCUT2D eigenvalue weighted by Crippen LogP contribution is -2.08. The molecule has 100 valence electrons. The van der Waals surface area contributed by atoms with Gasteiger partial charge in [-0.1, -0.05) is 29.3 Å². The predicted octanol–water partition coefficient (Wildman–Crippen LogP) is 5.91. The van der Waals surface area contributed by atoms with E-state index < -0.39 is 5.82 Å². The van der Waals surface area contributed by atoms with Gasteiger partial charge in [0, 0.05) is 20.3 Å². The summed E-state index contributed by atoms with van der Waals surface area (Å²) in [4.78, 5) is 0. The summed E-state index contributed by atoms with van der Waals surface area (Å²) in [6.45, 7) is 1.97. The number of hydrogen-bond acceptors (Lipinski definition) is 1. The van der Waals surface area contributed by atoms with Crippen LogP contribution >= 0.6 is 45.8 Å². The van der Waals surface area contributed by atoms with Crippen LogP contribution in [0.15, 0.2) is 36.4 Å². The van der Waals surface area contributed by atoms with Crippen molar-refractivity contribution in [2.24, 2.45) is 0 Å². The van der Waals surface area contributed by atoms with Crippen molar-refractivity contribution in [2.45, 2.75) is 13.0 Å². The molecule has 0 fully saturated rings. The Morgan fingerprint density at radius 1 is 1.16 bits per heavy atom. The first-order valence-corrected chi connectivity index (χ1v) is 7.47. The monoisotopic (exact) mass is 409 g/mol. The molecule has 0 aromatic heterocycles. The Morgan fingerprint density at radius 2 is 1.89 bits per heavy atom. The summed E-state index contributed by atoms with van der Waals surface area (Å²) in [6.07, 6.45) is 0. The minimum atomic E-state index is -0.404. The Labute approximate surface area is 135 Å². The van der Waals surface area contributed by atoms with E-state index in [1.807, 2.05) is 31.2 Å². The van der Waals surface area contributed by atoms with E-state index in [2.05, 4.69) is 27.9 Å². The zero-order valence-electron chi connectivity index (χ0n) is 10.1. The molecule has 5 heteroatoms. The van der Waals surface area contributed by atoms with Crippen molar-refractivity contribution in [3.05, 3.63) is 61.4 Å². The highest BCUT2D eigenvalue weighted by Gasteiger charge is 2.10. The van der Waals surface area contributed by atoms with E-state index in [4.69, 9.17) is 23.2 Å². The van der Waals surface area contributed by atoms with Crippen molar-refractivity contribution in [3.8, 4) is 0 Å². The molecule has 2 aromatic carbocycles. The van der Waals surface area contributed by atoms with Gasteiger partial charge in [-0.25, -0.2) is 4.39 Å². The number of rotatable bonds is 3. The Morgan fingerprint density at radius 3 is 2.53 bits per heavy atom. The van der Waals surface area contributed by atoms with E-state index in [1.54, 1.807) is 6.07 Å². The summed E-state index contributed by atoms with van der Waals surface area (Å²) in [6, 6.07) is 10.4. The van der Waals surface area contributed by atoms with Gasteiger partial charge in [-0.05, 0) is 65.4 Å². The van der Waals surface area contributed by atoms with Gasteiger partial charge in [0.15, 0.2) is 0 Å². The topological polar surface area (TPSA) is 12.0 Å². The Hall–Kier alpha value is -0.520. The van der Waals surface area contributed by atoms with E-state index >= 15 is 0 Å². The maximum absolute atomic E-state index is 13.4. The van der Waals surface area contributed by atoms with Crippen molar-refractivity contribution in [2.75, 3.05) is 5.32 Å². The molecule has 0 amide bonds. The number of benzene rings is 2. The maximum Gasteiger partial charge on any atom is 0.142 e. The fraction of sp³-hybridized carbons (Fsp3) is 0.143. The van der Waals surface area contributed by atoms with Gasteiger partial charge in [-0.2, -0.15) is 0 Å². The molecule has 1 atom stereocenters. The lowest BCUT2D eigenvalue weighted by molar-refractivity contribution is 0.624. The average Bonchev–Trinajstić information content (AvgIpc) is 2.36. The van der Waals surface area contributed by atoms with Crippen LogP contribution in [0.4, 0.5) is 10.1 Å². The molecule has 0 radical (unpaired) electrons. The summed E-state index contributed by atoms with van der Waals surface area (Å²) >= 11 is 13.8. The minimum absolute atomic E-state index is 0.0264. The highest BCUT2D eigenvalue weighted by molar-refractivity contribution is 14.1. The van der Waals surface area contributed by atoms with Crippen LogP contribution in [-0.2, 0) is 0 Å². The van der Waals surface area contributed by atoms with E-state index in [1.165, 1.54) is 6.07 Å². The van der Waals surface area contributed by atoms with E-state index in [-0.39, 0.29) is 11.1 Å². The molecule has 0 bridgehead atoms. The van der Waals surface area contributed by atoms with Gasteiger partial charge in [-0.3, -0.25) is 0 Å². The van der Waals surface area contributed by atoms with Gasteiger partial charge in [-0.15, -0.1) is 0 Å². The molecule has 1 nitrogen and oxygen atoms in total. The van der Waals surface area contributed by atoms with Gasteiger partial charge in [0.1, 0.15) is 5.82 Å². The molecule has 0 aliphatic heterocycles. The van der Waals surface area contributed by atoms with Crippen LogP contribution in [0.3, 0.4) is 0 Å². The predicted molar refractivity (Wildman–Crippen MR) is 87.6 cm³/mol. The maximum atomic E-state index is 13.4. The standard InChI is InChI=1S/C14H11Cl2FIN/c1-8(9-2-4-11(16)12(17)6-9)19-14-5-3-10(15)7-13(14)18/h2-8,19H,1H3. The summed E-state index contributed by atoms with van der Waals surface area (Å²) in [5.74, 6) is -0.404. The zero-order valence-corrected chi connectivity index (χ0v) is 13.7. The number of hydrogen-bond donors (Lipinski definition) is 1. The van der Waals surface area contributed by atoms with Crippen LogP contribution in [0.5, 0.6) is 0 Å². The number of halogens is 4. The Balaban J connectivity index is 2.20. The van der Waals surface area contributed by atoms with Crippen LogP contribution in [0.1, 0.15) is 18.5 Å². The first-order chi connectivity index (χ1) is 8.97. The Bertz CT molecular complexity index is 604. The molecular weight excluding hydrogens is 399 g/mol. The second-order valence-electron chi connectivity index (χ2n) is 4.16. The molecule has 0 aliphatic rings. The third-order valence-corrected chi connectivity index (χ3v) is 4.18. The van der Waals surface area contributed by atoms with Crippen molar-refractivity contribution >= 4 is 51.5 Å². The molecular formula is C14H11Cl2FIN. The molecule has 0 saturated carbocycles. The highest BCUT2D eigenvalue weighted by atomic mass is 127. The number of nitrogens with one attached hydrogen (secondary N) is 1. The molecule has 2 aromatic rings. The summed E-state index contributed by atoms with van der Waals surface area (Å²) in [5, 5.41) is 4.16. The van der Waals surface area contributed by atoms with Gasteiger partial charge >= 0.3 is 0 Å². The minimum Gasteiger partial charge on any atom is -0.378 e. The molecule has 19 heavy (non-hydrogen) atoms. The third-order valence-electron chi connectivity index (χ3n) is 2.75. The first kappa shape index (κ1) is 14.9. The van der Waals surface area contributed by atoms with Gasteiger partial charge < -0.3 is 5.32 Å². The molecule has 1 N–H and O–H groups in total. The average molecular weight is 410 g/mol. The summed E-state index contributed by atoms with van der Waals surface area (Å²) < 4.78 is 14.5. The lowest BCUT2D eigenvalue weighted by Gasteiger charge is -2.17. The van der Waals surface area contributed by atoms with Crippen LogP contribution in [0, 0.1) is 9.39 Å². The van der Waals surface area contributed by atoms with Crippen LogP contribution in [0.25, 0.3) is 0 Å². The molecule has 0 saturated heterocycles. The van der Waals surface area contributed by atoms with Crippen molar-refractivity contribution in [1.82, 2.24) is 0 Å². The smallest absolute Gasteiger partial charge is 0.142 e. The normalized spacial score (nSPS) is 12.3. The second kappa shape index (κ2) is 6.29. The third kappa shape index (κ3) is 3.74. The van der Waals surface area contributed by atoms with Crippen LogP contribution in [-0.4, -0.2) is 0 Å². The largest absolute Gasteiger partial charge is 0.378 e. The van der Waals surface area contributed by atoms with Crippen LogP contribution in [0.2, 0.25) is 10.0 Å². The molecule has 1 unspecified atom stereocenters. The van der Waals surface area contributed by atoms with Gasteiger partial charge in [0.25, 0.3) is 0 Å². The van der Waals surface area contributed by atoms with E-state index in [9.17, 15) is 4.39 Å². The SMILES string of the molecule is CC(Nc1ccc(Cl)cc1I)c1ccc(Cl)c(F)c1. The van der Waals surface area contributed by atoms with Crippen LogP contribution < -0.4 is 5.32 Å². The van der Waals surface area contributed by atoms with Gasteiger partial charge in [0.05, 0.1) is 5.02 Å². The number of anilines is 1. The fourth-order valence-electron chi connectivity index (χ4n) is 1.70. The van der Waals surface area contributed by atoms with Gasteiger partial charge in [0.2, 0.25) is 0 Å². The molecule has 0 spiro atoms. The Kier molecular flexibility index (Phi) is 4.92. The molecule has 2 rings (SSSR count). The zero-order chi connectivity index (χ0) is 14.0. The van der Waals surface area contributed by atoms with Crippen molar-refractivity contribution in [3.63, 3.8) is 0 Å². The quantitative estimate of drug-likeness (QED) is 0.621. The summed E-state index contributed by atoms with van der Waals surface area (Å²) in [5.41, 5.74) is 1.81. The van der Waals surface area contributed by atoms with Crippen molar-refractivity contribution < 1.29 is 4.39 Å². The highest BCUT2D eigenvalue weighted by Crippen LogP contribution is 2.27. The second-order valence-corrected chi connectivity index (χ2v) is 6.17. The fourth-order valence-corrected chi connectivity index (χ4v) is 2.85. The first-order valence-electron chi connectivity index (χ1n) is 5.64. The summed E-state index contributed by atoms with van der Waals surface area (Å²) in [7, 11) is 0. The van der Waals surface area contributed by atoms with E-state index in [0.29, 0.717) is 5.02 Å². The van der Waals surface area contributed by atoms with Crippen molar-refractivity contribution in [1.29, 1.82) is 0 Å². The van der Waals surface area contributed by atoms with E-state index in [0.717, 1.165) is 14.8 Å². The lowest BCUT2D eigenvalue weighted by atomic mass is 10.1.